The van der Waals surface area contributed by atoms with Crippen molar-refractivity contribution in [3.05, 3.63) is 0 Å². The van der Waals surface area contributed by atoms with Gasteiger partial charge < -0.3 is 0 Å². The van der Waals surface area contributed by atoms with Gasteiger partial charge in [0.25, 0.3) is 0 Å². The Morgan fingerprint density at radius 2 is 0.667 bits per heavy atom. The Kier molecular flexibility index (Phi) is 53.1. The molecule has 0 N–H and O–H groups in total. The zero-order valence-electron chi connectivity index (χ0n) is 24.8. The second kappa shape index (κ2) is 39.5. The Balaban J connectivity index is -0.0000000870. The van der Waals surface area contributed by atoms with Crippen LogP contribution in [0.4, 0.5) is 0 Å². The van der Waals surface area contributed by atoms with Crippen LogP contribution in [0.5, 0.6) is 0 Å². The minimum absolute atomic E-state index is 0.935. The van der Waals surface area contributed by atoms with Gasteiger partial charge in [0.15, 0.2) is 0 Å². The Morgan fingerprint density at radius 1 is 0.467 bits per heavy atom. The highest BCUT2D eigenvalue weighted by Gasteiger charge is 2.26. The predicted octanol–water partition coefficient (Wildman–Crippen LogP) is 12.4. The van der Waals surface area contributed by atoms with Crippen LogP contribution in [0.25, 0.3) is 0 Å². The van der Waals surface area contributed by atoms with Gasteiger partial charge in [-0.1, -0.05) is 161 Å². The van der Waals surface area contributed by atoms with Crippen molar-refractivity contribution in [2.45, 2.75) is 174 Å². The lowest BCUT2D eigenvalue weighted by atomic mass is 9.71. The van der Waals surface area contributed by atoms with E-state index in [-0.39, 0.29) is 0 Å². The maximum Gasteiger partial charge on any atom is -0.0388 e. The minimum Gasteiger partial charge on any atom is -0.0656 e. The molecule has 0 aliphatic heterocycles. The lowest BCUT2D eigenvalue weighted by molar-refractivity contribution is 0.165. The van der Waals surface area contributed by atoms with Gasteiger partial charge in [-0.2, -0.15) is 0 Å². The average Bonchev–Trinajstić information content (AvgIpc) is 2.74. The molecule has 0 radical (unpaired) electrons. The molecule has 1 rings (SSSR count). The summed E-state index contributed by atoms with van der Waals surface area (Å²) in [6.45, 7) is 31.0. The van der Waals surface area contributed by atoms with Crippen LogP contribution in [0.1, 0.15) is 174 Å². The summed E-state index contributed by atoms with van der Waals surface area (Å²) in [5, 5.41) is 0. The molecule has 2 unspecified atom stereocenters. The van der Waals surface area contributed by atoms with Crippen molar-refractivity contribution in [1.29, 1.82) is 0 Å². The molecular formula is C30H70. The van der Waals surface area contributed by atoms with Crippen LogP contribution in [0.2, 0.25) is 0 Å². The van der Waals surface area contributed by atoms with Gasteiger partial charge in [0.05, 0.1) is 0 Å². The maximum absolute atomic E-state index is 2.31. The van der Waals surface area contributed by atoms with E-state index in [4.69, 9.17) is 0 Å². The third kappa shape index (κ3) is 42.2. The summed E-state index contributed by atoms with van der Waals surface area (Å²) < 4.78 is 0. The van der Waals surface area contributed by atoms with Gasteiger partial charge >= 0.3 is 0 Å². The molecule has 0 amide bonds. The van der Waals surface area contributed by atoms with E-state index in [0.717, 1.165) is 23.7 Å². The first kappa shape index (κ1) is 40.4. The van der Waals surface area contributed by atoms with Crippen molar-refractivity contribution in [2.24, 2.45) is 23.7 Å². The van der Waals surface area contributed by atoms with Crippen LogP contribution in [0.3, 0.4) is 0 Å². The molecule has 0 heterocycles. The Labute approximate surface area is 197 Å². The normalized spacial score (nSPS) is 16.0. The second-order valence-corrected chi connectivity index (χ2v) is 9.17. The fourth-order valence-corrected chi connectivity index (χ4v) is 2.29. The molecule has 1 aliphatic carbocycles. The lowest BCUT2D eigenvalue weighted by Crippen LogP contribution is -2.23. The standard InChI is InChI=1S/C8H16.2C6H14.C4H10.2C3H8/c1-3-7-5-6-8(7)4-2;2*1-4-6(3)5-2;1-3-4-2;2*1-3-2/h7-8H,3-6H2,1-2H3;2*6H,4-5H2,1-3H3;3-4H2,1-2H3;2*3H2,1-2H3. The summed E-state index contributed by atoms with van der Waals surface area (Å²) >= 11 is 0. The van der Waals surface area contributed by atoms with Gasteiger partial charge in [-0.25, -0.2) is 0 Å². The van der Waals surface area contributed by atoms with Crippen LogP contribution < -0.4 is 0 Å². The Morgan fingerprint density at radius 3 is 0.700 bits per heavy atom. The molecule has 190 valence electrons. The van der Waals surface area contributed by atoms with Crippen LogP contribution in [-0.2, 0) is 0 Å². The maximum atomic E-state index is 2.31. The largest absolute Gasteiger partial charge is 0.0656 e. The topological polar surface area (TPSA) is 0 Å². The van der Waals surface area contributed by atoms with Gasteiger partial charge in [0, 0.05) is 0 Å². The molecule has 2 atom stereocenters. The van der Waals surface area contributed by atoms with Crippen molar-refractivity contribution in [3.63, 3.8) is 0 Å². The van der Waals surface area contributed by atoms with Crippen molar-refractivity contribution in [3.8, 4) is 0 Å². The molecule has 1 saturated carbocycles. The van der Waals surface area contributed by atoms with E-state index in [1.165, 1.54) is 77.0 Å². The third-order valence-electron chi connectivity index (χ3n) is 5.91. The molecule has 0 saturated heterocycles. The van der Waals surface area contributed by atoms with Crippen molar-refractivity contribution in [1.82, 2.24) is 0 Å². The zero-order chi connectivity index (χ0) is 24.8. The number of hydrogen-bond donors (Lipinski definition) is 0. The third-order valence-corrected chi connectivity index (χ3v) is 5.91. The molecule has 0 aromatic rings. The highest BCUT2D eigenvalue weighted by molar-refractivity contribution is 4.77. The van der Waals surface area contributed by atoms with Gasteiger partial charge in [-0.3, -0.25) is 0 Å². The highest BCUT2D eigenvalue weighted by atomic mass is 14.3. The number of unbranched alkanes of at least 4 members (excludes halogenated alkanes) is 1. The Hall–Kier alpha value is 0. The van der Waals surface area contributed by atoms with Crippen molar-refractivity contribution < 1.29 is 0 Å². The minimum atomic E-state index is 0.935. The number of rotatable bonds is 7. The van der Waals surface area contributed by atoms with Gasteiger partial charge in [0.2, 0.25) is 0 Å². The monoisotopic (exact) mass is 431 g/mol. The van der Waals surface area contributed by atoms with E-state index < -0.39 is 0 Å². The van der Waals surface area contributed by atoms with Crippen LogP contribution >= 0.6 is 0 Å². The first-order chi connectivity index (χ1) is 14.2. The summed E-state index contributed by atoms with van der Waals surface area (Å²) in [6, 6.07) is 0. The zero-order valence-corrected chi connectivity index (χ0v) is 24.8. The molecular weight excluding hydrogens is 360 g/mol. The van der Waals surface area contributed by atoms with Crippen LogP contribution in [0, 0.1) is 23.7 Å². The quantitative estimate of drug-likeness (QED) is 0.376. The van der Waals surface area contributed by atoms with E-state index in [1.54, 1.807) is 0 Å². The average molecular weight is 431 g/mol. The fraction of sp³-hybridized carbons (Fsp3) is 1.00. The molecule has 0 bridgehead atoms. The lowest BCUT2D eigenvalue weighted by Gasteiger charge is -2.35. The van der Waals surface area contributed by atoms with E-state index in [1.807, 2.05) is 0 Å². The molecule has 0 aromatic carbocycles. The van der Waals surface area contributed by atoms with E-state index >= 15 is 0 Å². The van der Waals surface area contributed by atoms with Gasteiger partial charge in [-0.15, -0.1) is 0 Å². The van der Waals surface area contributed by atoms with Crippen molar-refractivity contribution in [2.75, 3.05) is 0 Å². The smallest absolute Gasteiger partial charge is 0.0388 e. The van der Waals surface area contributed by atoms with Gasteiger partial charge in [-0.05, 0) is 36.5 Å². The molecule has 0 spiro atoms. The SMILES string of the molecule is CCC.CCC.CCC(C)CC.CCC(C)CC.CCC1CCC1CC.CCCC. The van der Waals surface area contributed by atoms with Crippen LogP contribution in [0.15, 0.2) is 0 Å². The van der Waals surface area contributed by atoms with E-state index in [0.29, 0.717) is 0 Å². The predicted molar refractivity (Wildman–Crippen MR) is 149 cm³/mol. The highest BCUT2D eigenvalue weighted by Crippen LogP contribution is 2.38. The summed E-state index contributed by atoms with van der Waals surface area (Å²) in [5.74, 6) is 4.06. The van der Waals surface area contributed by atoms with Crippen LogP contribution in [-0.4, -0.2) is 0 Å². The second-order valence-electron chi connectivity index (χ2n) is 9.17. The fourth-order valence-electron chi connectivity index (χ4n) is 2.29. The summed E-state index contributed by atoms with van der Waals surface area (Å²) in [5.41, 5.74) is 0. The molecule has 0 nitrogen and oxygen atoms in total. The van der Waals surface area contributed by atoms with E-state index in [2.05, 4.69) is 96.9 Å². The first-order valence-electron chi connectivity index (χ1n) is 14.2. The Bertz CT molecular complexity index is 184. The molecule has 0 heteroatoms. The number of hydrogen-bond acceptors (Lipinski definition) is 0. The summed E-state index contributed by atoms with van der Waals surface area (Å²) in [7, 11) is 0. The molecule has 1 fully saturated rings. The van der Waals surface area contributed by atoms with E-state index in [9.17, 15) is 0 Å². The molecule has 1 aliphatic rings. The molecule has 30 heavy (non-hydrogen) atoms. The van der Waals surface area contributed by atoms with Gasteiger partial charge in [0.1, 0.15) is 0 Å². The summed E-state index contributed by atoms with van der Waals surface area (Å²) in [6.07, 6.45) is 16.3. The van der Waals surface area contributed by atoms with Crippen molar-refractivity contribution >= 4 is 0 Å². The summed E-state index contributed by atoms with van der Waals surface area (Å²) in [4.78, 5) is 0. The molecule has 0 aromatic heterocycles. The first-order valence-corrected chi connectivity index (χ1v) is 14.2.